The quantitative estimate of drug-likeness (QED) is 0.914. The summed E-state index contributed by atoms with van der Waals surface area (Å²) >= 11 is 0. The van der Waals surface area contributed by atoms with Crippen molar-refractivity contribution in [3.05, 3.63) is 47.5 Å². The normalized spacial score (nSPS) is 20.4. The molecule has 1 aliphatic rings. The topological polar surface area (TPSA) is 68.0 Å². The lowest BCUT2D eigenvalue weighted by Gasteiger charge is -2.25. The molecule has 0 radical (unpaired) electrons. The number of nitrogens with zero attached hydrogens (tertiary/aromatic N) is 3. The number of rotatable bonds is 5. The van der Waals surface area contributed by atoms with Crippen LogP contribution in [-0.4, -0.2) is 25.8 Å². The Bertz CT molecular complexity index is 665. The van der Waals surface area contributed by atoms with E-state index in [-0.39, 0.29) is 0 Å². The van der Waals surface area contributed by atoms with E-state index in [9.17, 15) is 9.90 Å². The first-order valence-corrected chi connectivity index (χ1v) is 7.36. The van der Waals surface area contributed by atoms with Crippen molar-refractivity contribution in [3.63, 3.8) is 0 Å². The number of aryl methyl sites for hydroxylation is 2. The number of hydrogen-bond donors (Lipinski definition) is 1. The van der Waals surface area contributed by atoms with Gasteiger partial charge in [0.25, 0.3) is 0 Å². The minimum absolute atomic E-state index is 0.402. The van der Waals surface area contributed by atoms with Gasteiger partial charge in [-0.1, -0.05) is 31.2 Å². The zero-order chi connectivity index (χ0) is 14.9. The Kier molecular flexibility index (Phi) is 3.49. The van der Waals surface area contributed by atoms with Crippen LogP contribution >= 0.6 is 0 Å². The first-order chi connectivity index (χ1) is 10.2. The van der Waals surface area contributed by atoms with E-state index in [0.29, 0.717) is 12.8 Å². The molecule has 0 saturated heterocycles. The molecule has 1 aliphatic carbocycles. The van der Waals surface area contributed by atoms with Gasteiger partial charge in [-0.25, -0.2) is 4.98 Å². The van der Waals surface area contributed by atoms with Crippen LogP contribution in [0.4, 0.5) is 0 Å². The molecule has 21 heavy (non-hydrogen) atoms. The largest absolute Gasteiger partial charge is 0.481 e. The zero-order valence-corrected chi connectivity index (χ0v) is 12.1. The zero-order valence-electron chi connectivity index (χ0n) is 12.1. The molecule has 0 fully saturated rings. The fourth-order valence-electron chi connectivity index (χ4n) is 3.26. The molecule has 0 saturated carbocycles. The predicted octanol–water partition coefficient (Wildman–Crippen LogP) is 2.20. The third-order valence-electron chi connectivity index (χ3n) is 4.35. The van der Waals surface area contributed by atoms with Gasteiger partial charge in [0.05, 0.1) is 0 Å². The van der Waals surface area contributed by atoms with Gasteiger partial charge in [-0.3, -0.25) is 9.48 Å². The van der Waals surface area contributed by atoms with E-state index < -0.39 is 11.4 Å². The summed E-state index contributed by atoms with van der Waals surface area (Å²) in [6.45, 7) is 2.84. The molecule has 1 heterocycles. The molecule has 1 N–H and O–H groups in total. The maximum Gasteiger partial charge on any atom is 0.314 e. The van der Waals surface area contributed by atoms with Gasteiger partial charge in [-0.2, -0.15) is 5.10 Å². The van der Waals surface area contributed by atoms with Crippen LogP contribution in [-0.2, 0) is 29.6 Å². The number of aromatic nitrogens is 3. The standard InChI is InChI=1S/C16H19N3O2/c1-2-9-19-14(17-11-18-19)10-16(15(20)21)8-7-12-5-3-4-6-13(12)16/h3-6,11H,2,7-10H2,1H3,(H,20,21). The Hall–Kier alpha value is -2.17. The van der Waals surface area contributed by atoms with Crippen molar-refractivity contribution in [1.29, 1.82) is 0 Å². The van der Waals surface area contributed by atoms with Crippen LogP contribution in [0, 0.1) is 0 Å². The molecule has 2 aromatic rings. The molecule has 110 valence electrons. The monoisotopic (exact) mass is 285 g/mol. The molecule has 5 heteroatoms. The van der Waals surface area contributed by atoms with Gasteiger partial charge < -0.3 is 5.11 Å². The van der Waals surface area contributed by atoms with Gasteiger partial charge in [-0.15, -0.1) is 0 Å². The van der Waals surface area contributed by atoms with E-state index in [4.69, 9.17) is 0 Å². The second-order valence-corrected chi connectivity index (χ2v) is 5.62. The van der Waals surface area contributed by atoms with E-state index in [1.54, 1.807) is 0 Å². The van der Waals surface area contributed by atoms with E-state index >= 15 is 0 Å². The second-order valence-electron chi connectivity index (χ2n) is 5.62. The number of carboxylic acids is 1. The van der Waals surface area contributed by atoms with Gasteiger partial charge in [0, 0.05) is 13.0 Å². The van der Waals surface area contributed by atoms with Crippen LogP contribution in [0.2, 0.25) is 0 Å². The maximum absolute atomic E-state index is 12.0. The lowest BCUT2D eigenvalue weighted by Crippen LogP contribution is -2.37. The summed E-state index contributed by atoms with van der Waals surface area (Å²) in [4.78, 5) is 16.3. The SMILES string of the molecule is CCCn1ncnc1CC1(C(=O)O)CCc2ccccc21. The van der Waals surface area contributed by atoms with Crippen LogP contribution in [0.5, 0.6) is 0 Å². The summed E-state index contributed by atoms with van der Waals surface area (Å²) in [5, 5.41) is 14.1. The molecule has 0 amide bonds. The Morgan fingerprint density at radius 3 is 3.00 bits per heavy atom. The average Bonchev–Trinajstić information content (AvgIpc) is 3.06. The molecule has 1 aromatic carbocycles. The summed E-state index contributed by atoms with van der Waals surface area (Å²) in [6, 6.07) is 7.85. The lowest BCUT2D eigenvalue weighted by atomic mass is 9.78. The van der Waals surface area contributed by atoms with Gasteiger partial charge in [-0.05, 0) is 30.4 Å². The van der Waals surface area contributed by atoms with E-state index in [1.165, 1.54) is 6.33 Å². The highest BCUT2D eigenvalue weighted by Crippen LogP contribution is 2.41. The van der Waals surface area contributed by atoms with E-state index in [2.05, 4.69) is 17.0 Å². The van der Waals surface area contributed by atoms with Crippen molar-refractivity contribution in [3.8, 4) is 0 Å². The third-order valence-corrected chi connectivity index (χ3v) is 4.35. The number of benzene rings is 1. The Morgan fingerprint density at radius 2 is 2.24 bits per heavy atom. The fraction of sp³-hybridized carbons (Fsp3) is 0.438. The predicted molar refractivity (Wildman–Crippen MR) is 78.1 cm³/mol. The van der Waals surface area contributed by atoms with Crippen LogP contribution in [0.15, 0.2) is 30.6 Å². The first-order valence-electron chi connectivity index (χ1n) is 7.36. The van der Waals surface area contributed by atoms with Gasteiger partial charge in [0.1, 0.15) is 17.6 Å². The van der Waals surface area contributed by atoms with Crippen molar-refractivity contribution in [2.45, 2.75) is 44.6 Å². The molecule has 3 rings (SSSR count). The Labute approximate surface area is 123 Å². The third kappa shape index (κ3) is 2.22. The van der Waals surface area contributed by atoms with Crippen molar-refractivity contribution in [1.82, 2.24) is 14.8 Å². The van der Waals surface area contributed by atoms with Crippen molar-refractivity contribution in [2.24, 2.45) is 0 Å². The summed E-state index contributed by atoms with van der Waals surface area (Å²) in [7, 11) is 0. The van der Waals surface area contributed by atoms with Crippen LogP contribution in [0.25, 0.3) is 0 Å². The second kappa shape index (κ2) is 5.31. The smallest absolute Gasteiger partial charge is 0.314 e. The van der Waals surface area contributed by atoms with Crippen molar-refractivity contribution in [2.75, 3.05) is 0 Å². The van der Waals surface area contributed by atoms with Gasteiger partial charge in [0.2, 0.25) is 0 Å². The van der Waals surface area contributed by atoms with Crippen molar-refractivity contribution >= 4 is 5.97 Å². The van der Waals surface area contributed by atoms with Crippen LogP contribution in [0.3, 0.4) is 0 Å². The minimum atomic E-state index is -0.866. The maximum atomic E-state index is 12.0. The highest BCUT2D eigenvalue weighted by Gasteiger charge is 2.46. The molecule has 5 nitrogen and oxygen atoms in total. The number of hydrogen-bond acceptors (Lipinski definition) is 3. The average molecular weight is 285 g/mol. The molecular weight excluding hydrogens is 266 g/mol. The minimum Gasteiger partial charge on any atom is -0.481 e. The number of aliphatic carboxylic acids is 1. The number of fused-ring (bicyclic) bond motifs is 1. The molecular formula is C16H19N3O2. The van der Waals surface area contributed by atoms with Gasteiger partial charge >= 0.3 is 5.97 Å². The highest BCUT2D eigenvalue weighted by atomic mass is 16.4. The van der Waals surface area contributed by atoms with Crippen LogP contribution < -0.4 is 0 Å². The molecule has 0 aliphatic heterocycles. The molecule has 0 bridgehead atoms. The Balaban J connectivity index is 2.01. The molecule has 1 unspecified atom stereocenters. The summed E-state index contributed by atoms with van der Waals surface area (Å²) in [6.07, 6.45) is 4.30. The van der Waals surface area contributed by atoms with Crippen LogP contribution in [0.1, 0.15) is 36.7 Å². The molecule has 0 spiro atoms. The van der Waals surface area contributed by atoms with Crippen molar-refractivity contribution < 1.29 is 9.90 Å². The summed E-state index contributed by atoms with van der Waals surface area (Å²) in [5.74, 6) is -0.00514. The molecule has 1 atom stereocenters. The fourth-order valence-corrected chi connectivity index (χ4v) is 3.26. The number of carbonyl (C=O) groups is 1. The first kappa shape index (κ1) is 13.8. The van der Waals surface area contributed by atoms with E-state index in [1.807, 2.05) is 28.9 Å². The Morgan fingerprint density at radius 1 is 1.43 bits per heavy atom. The van der Waals surface area contributed by atoms with E-state index in [0.717, 1.165) is 36.3 Å². The molecule has 1 aromatic heterocycles. The lowest BCUT2D eigenvalue weighted by molar-refractivity contribution is -0.143. The number of carboxylic acid groups (broad SMARTS) is 1. The highest BCUT2D eigenvalue weighted by molar-refractivity contribution is 5.83. The summed E-state index contributed by atoms with van der Waals surface area (Å²) in [5.41, 5.74) is 1.21. The summed E-state index contributed by atoms with van der Waals surface area (Å²) < 4.78 is 1.83. The van der Waals surface area contributed by atoms with Gasteiger partial charge in [0.15, 0.2) is 0 Å².